The second-order valence-electron chi connectivity index (χ2n) is 21.6. The fraction of sp³-hybridized carbons (Fsp3) is 0.429. The minimum absolute atomic E-state index is 0.0112. The molecule has 0 radical (unpaired) electrons. The normalized spacial score (nSPS) is 21.1. The maximum Gasteiger partial charge on any atom is 0.293 e. The molecule has 4 N–H and O–H groups in total. The van der Waals surface area contributed by atoms with Crippen molar-refractivity contribution in [2.45, 2.75) is 94.3 Å². The number of carbonyl (C=O) groups is 1. The standard InChI is InChI=1S/C56H65FN8O9S/c1-35(2)42-8-6-7-9-43(42)49-32-62(31-37-10-15-50(72-4)52(22-37)73-5)20-21-64(49)39-26-56(27-39)33-63(34-56)38-11-13-44(51(23-38)74-40-24-45-46(57)30-60-53(45)59-29-40)54(66)61-75(70,71)41-12-14-47(48(25-41)65(68)69)58-28-36-16-18-55(3,67)19-17-36/h6-15,22-25,29-30,35-36,39,49,58,67H,16-21,26-28,31-34H2,1-5H3,(H,59,60)(H,61,66)/t36?,49-,55?/m0/s1. The van der Waals surface area contributed by atoms with Gasteiger partial charge in [-0.25, -0.2) is 22.5 Å². The summed E-state index contributed by atoms with van der Waals surface area (Å²) in [6.45, 7) is 11.8. The van der Waals surface area contributed by atoms with Crippen LogP contribution in [0.15, 0.2) is 102 Å². The number of benzene rings is 4. The number of hydrogen-bond acceptors (Lipinski definition) is 14. The lowest BCUT2D eigenvalue weighted by Crippen LogP contribution is -2.68. The number of nitrogens with zero attached hydrogens (tertiary/aromatic N) is 5. The van der Waals surface area contributed by atoms with Crippen LogP contribution in [-0.4, -0.2) is 109 Å². The van der Waals surface area contributed by atoms with E-state index in [0.717, 1.165) is 82.5 Å². The van der Waals surface area contributed by atoms with Gasteiger partial charge in [-0.3, -0.25) is 24.7 Å². The Bertz CT molecular complexity index is 3220. The van der Waals surface area contributed by atoms with Crippen molar-refractivity contribution in [1.82, 2.24) is 24.5 Å². The average Bonchev–Trinajstić information content (AvgIpc) is 3.75. The highest BCUT2D eigenvalue weighted by Gasteiger charge is 2.55. The van der Waals surface area contributed by atoms with Crippen molar-refractivity contribution in [3.63, 3.8) is 0 Å². The molecule has 2 saturated heterocycles. The number of carbonyl (C=O) groups excluding carboxylic acids is 1. The van der Waals surface area contributed by atoms with Crippen LogP contribution in [0.25, 0.3) is 11.0 Å². The van der Waals surface area contributed by atoms with E-state index < -0.39 is 42.9 Å². The number of nitro groups is 1. The van der Waals surface area contributed by atoms with Crippen LogP contribution < -0.4 is 29.1 Å². The van der Waals surface area contributed by atoms with E-state index in [1.54, 1.807) is 33.3 Å². The van der Waals surface area contributed by atoms with E-state index in [1.807, 2.05) is 6.07 Å². The number of methoxy groups -OCH3 is 2. The van der Waals surface area contributed by atoms with Gasteiger partial charge in [0.1, 0.15) is 28.7 Å². The zero-order valence-corrected chi connectivity index (χ0v) is 43.8. The van der Waals surface area contributed by atoms with Crippen LogP contribution in [0.4, 0.5) is 21.5 Å². The molecule has 2 aliphatic heterocycles. The van der Waals surface area contributed by atoms with Gasteiger partial charge in [-0.1, -0.05) is 44.2 Å². The number of amides is 1. The van der Waals surface area contributed by atoms with Gasteiger partial charge >= 0.3 is 0 Å². The van der Waals surface area contributed by atoms with Crippen molar-refractivity contribution >= 4 is 44.0 Å². The van der Waals surface area contributed by atoms with Crippen LogP contribution >= 0.6 is 0 Å². The number of piperazine rings is 1. The number of fused-ring (bicyclic) bond motifs is 1. The Labute approximate surface area is 436 Å². The van der Waals surface area contributed by atoms with E-state index in [9.17, 15) is 32.8 Å². The monoisotopic (exact) mass is 1040 g/mol. The smallest absolute Gasteiger partial charge is 0.293 e. The molecule has 1 atom stereocenters. The molecule has 75 heavy (non-hydrogen) atoms. The highest BCUT2D eigenvalue weighted by molar-refractivity contribution is 7.90. The maximum atomic E-state index is 14.7. The topological polar surface area (TPSA) is 205 Å². The first-order valence-electron chi connectivity index (χ1n) is 25.7. The first-order valence-corrected chi connectivity index (χ1v) is 27.2. The lowest BCUT2D eigenvalue weighted by Gasteiger charge is -2.63. The number of rotatable bonds is 17. The molecular weight excluding hydrogens is 980 g/mol. The molecule has 19 heteroatoms. The molecule has 0 unspecified atom stereocenters. The summed E-state index contributed by atoms with van der Waals surface area (Å²) in [6.07, 6.45) is 7.32. The van der Waals surface area contributed by atoms with Gasteiger partial charge in [0.15, 0.2) is 11.5 Å². The third-order valence-electron chi connectivity index (χ3n) is 15.9. The number of ether oxygens (including phenoxy) is 3. The van der Waals surface area contributed by atoms with E-state index in [-0.39, 0.29) is 45.5 Å². The highest BCUT2D eigenvalue weighted by atomic mass is 32.2. The number of nitrogens with one attached hydrogen (secondary N) is 3. The molecule has 4 heterocycles. The predicted octanol–water partition coefficient (Wildman–Crippen LogP) is 9.54. The second kappa shape index (κ2) is 20.7. The number of hydrogen-bond donors (Lipinski definition) is 4. The van der Waals surface area contributed by atoms with Crippen LogP contribution in [0.3, 0.4) is 0 Å². The third kappa shape index (κ3) is 10.9. The van der Waals surface area contributed by atoms with Crippen LogP contribution in [0, 0.1) is 27.3 Å². The lowest BCUT2D eigenvalue weighted by atomic mass is 9.59. The molecule has 4 aliphatic rings. The van der Waals surface area contributed by atoms with Gasteiger partial charge in [0.05, 0.1) is 46.8 Å². The van der Waals surface area contributed by atoms with Gasteiger partial charge in [-0.2, -0.15) is 0 Å². The van der Waals surface area contributed by atoms with Crippen molar-refractivity contribution < 1.29 is 41.8 Å². The number of halogens is 1. The lowest BCUT2D eigenvalue weighted by molar-refractivity contribution is -0.384. The number of aromatic amines is 1. The number of aliphatic hydroxyl groups is 1. The van der Waals surface area contributed by atoms with Crippen LogP contribution in [0.2, 0.25) is 0 Å². The van der Waals surface area contributed by atoms with Crippen LogP contribution in [0.5, 0.6) is 23.0 Å². The van der Waals surface area contributed by atoms with Crippen molar-refractivity contribution in [3.05, 3.63) is 136 Å². The third-order valence-corrected chi connectivity index (χ3v) is 17.2. The molecule has 2 saturated carbocycles. The van der Waals surface area contributed by atoms with Gasteiger partial charge in [0.25, 0.3) is 21.6 Å². The van der Waals surface area contributed by atoms with E-state index in [0.29, 0.717) is 42.7 Å². The number of anilines is 2. The van der Waals surface area contributed by atoms with Gasteiger partial charge in [-0.05, 0) is 116 Å². The van der Waals surface area contributed by atoms with Crippen molar-refractivity contribution in [1.29, 1.82) is 0 Å². The van der Waals surface area contributed by atoms with Crippen molar-refractivity contribution in [3.8, 4) is 23.0 Å². The summed E-state index contributed by atoms with van der Waals surface area (Å²) in [5, 5.41) is 25.8. The number of pyridine rings is 1. The summed E-state index contributed by atoms with van der Waals surface area (Å²) < 4.78 is 61.9. The second-order valence-corrected chi connectivity index (χ2v) is 23.2. The summed E-state index contributed by atoms with van der Waals surface area (Å²) in [6, 6.07) is 25.4. The molecule has 2 aliphatic carbocycles. The zero-order chi connectivity index (χ0) is 52.8. The largest absolute Gasteiger partial charge is 0.493 e. The predicted molar refractivity (Wildman–Crippen MR) is 284 cm³/mol. The number of sulfonamides is 1. The number of aromatic nitrogens is 2. The first kappa shape index (κ1) is 51.7. The Hall–Kier alpha value is -6.80. The molecule has 1 spiro atoms. The fourth-order valence-corrected chi connectivity index (χ4v) is 12.7. The van der Waals surface area contributed by atoms with Crippen molar-refractivity contribution in [2.75, 3.05) is 63.7 Å². The Kier molecular flexibility index (Phi) is 14.3. The van der Waals surface area contributed by atoms with Gasteiger partial charge in [-0.15, -0.1) is 0 Å². The zero-order valence-electron chi connectivity index (χ0n) is 43.0. The molecule has 1 amide bonds. The summed E-state index contributed by atoms with van der Waals surface area (Å²) in [5.41, 5.74) is 3.85. The molecule has 17 nitrogen and oxygen atoms in total. The Morgan fingerprint density at radius 3 is 2.47 bits per heavy atom. The minimum Gasteiger partial charge on any atom is -0.493 e. The number of H-pyrrole nitrogens is 1. The van der Waals surface area contributed by atoms with Gasteiger partial charge in [0.2, 0.25) is 0 Å². The van der Waals surface area contributed by atoms with Gasteiger partial charge < -0.3 is 34.5 Å². The number of nitro benzene ring substituents is 1. The first-order chi connectivity index (χ1) is 35.9. The molecule has 4 aromatic carbocycles. The van der Waals surface area contributed by atoms with Crippen LogP contribution in [0.1, 0.15) is 98.3 Å². The summed E-state index contributed by atoms with van der Waals surface area (Å²) in [4.78, 5) is 39.7. The van der Waals surface area contributed by atoms with E-state index in [2.05, 4.69) is 85.0 Å². The summed E-state index contributed by atoms with van der Waals surface area (Å²) in [5.74, 6) is 0.518. The SMILES string of the molecule is COc1ccc(CN2CCN(C3CC4(C3)CN(c3ccc(C(=O)NS(=O)(=O)c5ccc(NCC6CCC(C)(O)CC6)c([N+](=O)[O-])c5)c(Oc5cnc6[nH]cc(F)c6c5)c3)C4)[C@H](c3ccccc3C(C)C)C2)cc1OC. The average molecular weight is 1050 g/mol. The molecule has 6 aromatic rings. The Morgan fingerprint density at radius 2 is 1.73 bits per heavy atom. The molecular formula is C56H65FN8O9S. The molecule has 0 bridgehead atoms. The summed E-state index contributed by atoms with van der Waals surface area (Å²) in [7, 11) is -1.34. The highest BCUT2D eigenvalue weighted by Crippen LogP contribution is 2.54. The quantitative estimate of drug-likeness (QED) is 0.0496. The van der Waals surface area contributed by atoms with E-state index in [1.165, 1.54) is 53.3 Å². The Balaban J connectivity index is 0.848. The van der Waals surface area contributed by atoms with Crippen molar-refractivity contribution in [2.24, 2.45) is 11.3 Å². The molecule has 396 valence electrons. The molecule has 10 rings (SSSR count). The maximum absolute atomic E-state index is 14.7. The van der Waals surface area contributed by atoms with Crippen LogP contribution in [-0.2, 0) is 16.6 Å². The minimum atomic E-state index is -4.65. The Morgan fingerprint density at radius 1 is 0.973 bits per heavy atom. The van der Waals surface area contributed by atoms with E-state index >= 15 is 0 Å². The molecule has 4 fully saturated rings. The van der Waals surface area contributed by atoms with E-state index in [4.69, 9.17) is 14.2 Å². The summed E-state index contributed by atoms with van der Waals surface area (Å²) >= 11 is 0. The van der Waals surface area contributed by atoms with Gasteiger partial charge in [0, 0.05) is 87.3 Å². The fourth-order valence-electron chi connectivity index (χ4n) is 11.8. The molecule has 2 aromatic heterocycles.